The van der Waals surface area contributed by atoms with Gasteiger partial charge in [0, 0.05) is 32.0 Å². The van der Waals surface area contributed by atoms with Gasteiger partial charge in [0.1, 0.15) is 0 Å². The lowest BCUT2D eigenvalue weighted by atomic mass is 10.1. The van der Waals surface area contributed by atoms with Crippen LogP contribution in [0.1, 0.15) is 22.8 Å². The van der Waals surface area contributed by atoms with Crippen molar-refractivity contribution in [3.63, 3.8) is 0 Å². The molecule has 25 heavy (non-hydrogen) atoms. The zero-order valence-corrected chi connectivity index (χ0v) is 16.1. The zero-order valence-electron chi connectivity index (χ0n) is 14.5. The van der Waals surface area contributed by atoms with E-state index in [0.717, 1.165) is 33.7 Å². The molecule has 7 heteroatoms. The van der Waals surface area contributed by atoms with Gasteiger partial charge in [-0.05, 0) is 36.1 Å². The van der Waals surface area contributed by atoms with Gasteiger partial charge >= 0.3 is 0 Å². The van der Waals surface area contributed by atoms with Gasteiger partial charge in [0.15, 0.2) is 11.0 Å². The minimum Gasteiger partial charge on any atom is -0.345 e. The molecule has 0 spiro atoms. The van der Waals surface area contributed by atoms with Gasteiger partial charge in [0.25, 0.3) is 5.91 Å². The number of thioether (sulfide) groups is 1. The summed E-state index contributed by atoms with van der Waals surface area (Å²) in [6.07, 6.45) is 0. The highest BCUT2D eigenvalue weighted by molar-refractivity contribution is 7.98. The first-order valence-electron chi connectivity index (χ1n) is 8.00. The summed E-state index contributed by atoms with van der Waals surface area (Å²) in [5.41, 5.74) is 1.86. The van der Waals surface area contributed by atoms with E-state index in [0.29, 0.717) is 5.56 Å². The number of nitrogens with zero attached hydrogens (tertiary/aromatic N) is 4. The number of rotatable bonds is 6. The SMILES string of the molecule is CCn1c(SCc2ccc(C(=O)N(C)C)cc2)nnc1-c1cccs1. The van der Waals surface area contributed by atoms with Crippen LogP contribution in [-0.4, -0.2) is 39.7 Å². The first-order valence-corrected chi connectivity index (χ1v) is 9.87. The smallest absolute Gasteiger partial charge is 0.253 e. The maximum atomic E-state index is 11.9. The molecule has 2 aromatic heterocycles. The molecule has 1 aromatic carbocycles. The fraction of sp³-hybridized carbons (Fsp3) is 0.278. The summed E-state index contributed by atoms with van der Waals surface area (Å²) in [4.78, 5) is 14.6. The van der Waals surface area contributed by atoms with E-state index in [1.807, 2.05) is 35.7 Å². The van der Waals surface area contributed by atoms with Crippen molar-refractivity contribution in [2.75, 3.05) is 14.1 Å². The van der Waals surface area contributed by atoms with Gasteiger partial charge in [-0.3, -0.25) is 4.79 Å². The normalized spacial score (nSPS) is 10.8. The summed E-state index contributed by atoms with van der Waals surface area (Å²) in [7, 11) is 3.52. The van der Waals surface area contributed by atoms with Gasteiger partial charge < -0.3 is 9.47 Å². The lowest BCUT2D eigenvalue weighted by molar-refractivity contribution is 0.0827. The number of benzene rings is 1. The van der Waals surface area contributed by atoms with Crippen LogP contribution in [0, 0.1) is 0 Å². The number of carbonyl (C=O) groups is 1. The number of hydrogen-bond donors (Lipinski definition) is 0. The zero-order chi connectivity index (χ0) is 17.8. The second-order valence-corrected chi connectivity index (χ2v) is 7.60. The standard InChI is InChI=1S/C18H20N4OS2/c1-4-22-16(15-6-5-11-24-15)19-20-18(22)25-12-13-7-9-14(10-8-13)17(23)21(2)3/h5-11H,4,12H2,1-3H3. The van der Waals surface area contributed by atoms with Crippen LogP contribution in [0.15, 0.2) is 46.9 Å². The van der Waals surface area contributed by atoms with Crippen LogP contribution in [0.25, 0.3) is 10.7 Å². The van der Waals surface area contributed by atoms with Gasteiger partial charge in [-0.15, -0.1) is 21.5 Å². The van der Waals surface area contributed by atoms with E-state index in [9.17, 15) is 4.79 Å². The molecule has 5 nitrogen and oxygen atoms in total. The van der Waals surface area contributed by atoms with Gasteiger partial charge in [-0.25, -0.2) is 0 Å². The van der Waals surface area contributed by atoms with Crippen molar-refractivity contribution in [1.82, 2.24) is 19.7 Å². The third-order valence-corrected chi connectivity index (χ3v) is 5.65. The van der Waals surface area contributed by atoms with Gasteiger partial charge in [0.05, 0.1) is 4.88 Å². The molecular weight excluding hydrogens is 352 g/mol. The van der Waals surface area contributed by atoms with Crippen LogP contribution in [-0.2, 0) is 12.3 Å². The average molecular weight is 373 g/mol. The summed E-state index contributed by atoms with van der Waals surface area (Å²) < 4.78 is 2.14. The second kappa shape index (κ2) is 7.84. The van der Waals surface area contributed by atoms with Crippen LogP contribution in [0.4, 0.5) is 0 Å². The molecule has 0 N–H and O–H groups in total. The minimum atomic E-state index is 0.0190. The topological polar surface area (TPSA) is 51.0 Å². The number of thiophene rings is 1. The van der Waals surface area contributed by atoms with E-state index in [1.54, 1.807) is 42.1 Å². The first kappa shape index (κ1) is 17.7. The molecule has 0 aliphatic carbocycles. The highest BCUT2D eigenvalue weighted by Crippen LogP contribution is 2.28. The van der Waals surface area contributed by atoms with Crippen LogP contribution in [0.3, 0.4) is 0 Å². The molecule has 3 rings (SSSR count). The number of carbonyl (C=O) groups excluding carboxylic acids is 1. The molecule has 1 amide bonds. The van der Waals surface area contributed by atoms with Crippen LogP contribution in [0.2, 0.25) is 0 Å². The molecule has 0 radical (unpaired) electrons. The molecule has 3 aromatic rings. The van der Waals surface area contributed by atoms with E-state index in [1.165, 1.54) is 0 Å². The summed E-state index contributed by atoms with van der Waals surface area (Å²) in [6.45, 7) is 2.94. The molecule has 2 heterocycles. The van der Waals surface area contributed by atoms with Crippen LogP contribution in [0.5, 0.6) is 0 Å². The van der Waals surface area contributed by atoms with E-state index in [4.69, 9.17) is 0 Å². The van der Waals surface area contributed by atoms with E-state index >= 15 is 0 Å². The Morgan fingerprint density at radius 3 is 2.56 bits per heavy atom. The lowest BCUT2D eigenvalue weighted by Gasteiger charge is -2.10. The molecular formula is C18H20N4OS2. The summed E-state index contributed by atoms with van der Waals surface area (Å²) in [6, 6.07) is 11.8. The third-order valence-electron chi connectivity index (χ3n) is 3.75. The highest BCUT2D eigenvalue weighted by atomic mass is 32.2. The van der Waals surface area contributed by atoms with Gasteiger partial charge in [0.2, 0.25) is 0 Å². The molecule has 0 unspecified atom stereocenters. The number of amides is 1. The predicted octanol–water partition coefficient (Wildman–Crippen LogP) is 4.02. The Bertz CT molecular complexity index is 839. The van der Waals surface area contributed by atoms with Gasteiger partial charge in [-0.2, -0.15) is 0 Å². The van der Waals surface area contributed by atoms with Crippen molar-refractivity contribution in [3.05, 3.63) is 52.9 Å². The van der Waals surface area contributed by atoms with Crippen molar-refractivity contribution in [3.8, 4) is 10.7 Å². The molecule has 0 saturated heterocycles. The van der Waals surface area contributed by atoms with E-state index in [2.05, 4.69) is 27.8 Å². The van der Waals surface area contributed by atoms with Crippen molar-refractivity contribution >= 4 is 29.0 Å². The second-order valence-electron chi connectivity index (χ2n) is 5.71. The Hall–Kier alpha value is -2.12. The fourth-order valence-electron chi connectivity index (χ4n) is 2.42. The van der Waals surface area contributed by atoms with Crippen molar-refractivity contribution in [2.24, 2.45) is 0 Å². The molecule has 0 atom stereocenters. The molecule has 0 saturated carbocycles. The Morgan fingerprint density at radius 2 is 1.96 bits per heavy atom. The number of hydrogen-bond acceptors (Lipinski definition) is 5. The highest BCUT2D eigenvalue weighted by Gasteiger charge is 2.14. The molecule has 0 bridgehead atoms. The van der Waals surface area contributed by atoms with Crippen molar-refractivity contribution in [2.45, 2.75) is 24.4 Å². The third kappa shape index (κ3) is 3.93. The van der Waals surface area contributed by atoms with Crippen LogP contribution >= 0.6 is 23.1 Å². The quantitative estimate of drug-likeness (QED) is 0.613. The Labute approximate surface area is 155 Å². The molecule has 0 fully saturated rings. The monoisotopic (exact) mass is 372 g/mol. The maximum Gasteiger partial charge on any atom is 0.253 e. The Balaban J connectivity index is 1.71. The molecule has 130 valence electrons. The predicted molar refractivity (Wildman–Crippen MR) is 103 cm³/mol. The largest absolute Gasteiger partial charge is 0.345 e. The van der Waals surface area contributed by atoms with Crippen LogP contribution < -0.4 is 0 Å². The molecule has 0 aliphatic heterocycles. The molecule has 0 aliphatic rings. The number of aromatic nitrogens is 3. The fourth-order valence-corrected chi connectivity index (χ4v) is 4.09. The van der Waals surface area contributed by atoms with Crippen molar-refractivity contribution < 1.29 is 4.79 Å². The van der Waals surface area contributed by atoms with Crippen molar-refractivity contribution in [1.29, 1.82) is 0 Å². The average Bonchev–Trinajstić information content (AvgIpc) is 3.28. The van der Waals surface area contributed by atoms with E-state index < -0.39 is 0 Å². The minimum absolute atomic E-state index is 0.0190. The summed E-state index contributed by atoms with van der Waals surface area (Å²) in [5.74, 6) is 1.73. The summed E-state index contributed by atoms with van der Waals surface area (Å²) in [5, 5.41) is 11.7. The Morgan fingerprint density at radius 1 is 1.20 bits per heavy atom. The lowest BCUT2D eigenvalue weighted by Crippen LogP contribution is -2.21. The first-order chi connectivity index (χ1) is 12.1. The maximum absolute atomic E-state index is 11.9. The van der Waals surface area contributed by atoms with E-state index in [-0.39, 0.29) is 5.91 Å². The van der Waals surface area contributed by atoms with Gasteiger partial charge in [-0.1, -0.05) is 30.0 Å². The Kier molecular flexibility index (Phi) is 5.55. The summed E-state index contributed by atoms with van der Waals surface area (Å²) >= 11 is 3.33.